The predicted molar refractivity (Wildman–Crippen MR) is 64.0 cm³/mol. The Kier molecular flexibility index (Phi) is 3.59. The van der Waals surface area contributed by atoms with Crippen molar-refractivity contribution in [2.75, 3.05) is 11.5 Å². The largest absolute Gasteiger partial charge is 0.235 e. The Morgan fingerprint density at radius 2 is 2.22 bits per heavy atom. The molecule has 1 aromatic rings. The zero-order valence-corrected chi connectivity index (χ0v) is 10.4. The maximum Gasteiger partial charge on any atom is 0.235 e. The SMILES string of the molecule is O=C=NC(c1cccc(F)c1)C1CCS(=O)(=O)C1. The lowest BCUT2D eigenvalue weighted by Gasteiger charge is -2.17. The van der Waals surface area contributed by atoms with Gasteiger partial charge in [-0.05, 0) is 24.1 Å². The summed E-state index contributed by atoms with van der Waals surface area (Å²) in [6.07, 6.45) is 1.89. The molecule has 2 rings (SSSR count). The zero-order chi connectivity index (χ0) is 13.2. The highest BCUT2D eigenvalue weighted by Crippen LogP contribution is 2.34. The van der Waals surface area contributed by atoms with E-state index in [0.717, 1.165) is 0 Å². The number of aliphatic imine (C=N–C) groups is 1. The second-order valence-electron chi connectivity index (χ2n) is 4.38. The summed E-state index contributed by atoms with van der Waals surface area (Å²) < 4.78 is 36.0. The lowest BCUT2D eigenvalue weighted by atomic mass is 9.93. The predicted octanol–water partition coefficient (Wildman–Crippen LogP) is 1.64. The lowest BCUT2D eigenvalue weighted by Crippen LogP contribution is -2.13. The molecule has 0 radical (unpaired) electrons. The smallest absolute Gasteiger partial charge is 0.229 e. The third-order valence-corrected chi connectivity index (χ3v) is 4.89. The first-order valence-electron chi connectivity index (χ1n) is 5.55. The summed E-state index contributed by atoms with van der Waals surface area (Å²) in [6, 6.07) is 5.09. The fourth-order valence-electron chi connectivity index (χ4n) is 2.27. The van der Waals surface area contributed by atoms with Crippen LogP contribution in [0.25, 0.3) is 0 Å². The topological polar surface area (TPSA) is 63.6 Å². The Morgan fingerprint density at radius 1 is 1.44 bits per heavy atom. The third-order valence-electron chi connectivity index (χ3n) is 3.10. The minimum atomic E-state index is -3.06. The molecule has 0 spiro atoms. The molecule has 2 atom stereocenters. The van der Waals surface area contributed by atoms with Crippen molar-refractivity contribution >= 4 is 15.9 Å². The molecule has 0 aromatic heterocycles. The Hall–Kier alpha value is -1.52. The number of carbonyl (C=O) groups excluding carboxylic acids is 1. The van der Waals surface area contributed by atoms with Gasteiger partial charge in [-0.2, -0.15) is 4.99 Å². The summed E-state index contributed by atoms with van der Waals surface area (Å²) in [4.78, 5) is 14.1. The minimum Gasteiger partial charge on any atom is -0.229 e. The van der Waals surface area contributed by atoms with Crippen LogP contribution in [0.4, 0.5) is 4.39 Å². The van der Waals surface area contributed by atoms with Gasteiger partial charge in [-0.1, -0.05) is 12.1 Å². The van der Waals surface area contributed by atoms with Crippen molar-refractivity contribution in [1.29, 1.82) is 0 Å². The molecule has 1 aliphatic rings. The molecule has 1 fully saturated rings. The maximum atomic E-state index is 13.1. The van der Waals surface area contributed by atoms with Gasteiger partial charge in [0.25, 0.3) is 0 Å². The Labute approximate surface area is 104 Å². The van der Waals surface area contributed by atoms with Crippen molar-refractivity contribution in [3.05, 3.63) is 35.6 Å². The van der Waals surface area contributed by atoms with E-state index in [0.29, 0.717) is 12.0 Å². The molecule has 96 valence electrons. The second kappa shape index (κ2) is 5.00. The number of hydrogen-bond donors (Lipinski definition) is 0. The molecule has 1 aromatic carbocycles. The van der Waals surface area contributed by atoms with Gasteiger partial charge in [0.15, 0.2) is 9.84 Å². The van der Waals surface area contributed by atoms with Crippen molar-refractivity contribution in [2.45, 2.75) is 12.5 Å². The van der Waals surface area contributed by atoms with Gasteiger partial charge in [-0.25, -0.2) is 17.6 Å². The van der Waals surface area contributed by atoms with E-state index < -0.39 is 21.7 Å². The van der Waals surface area contributed by atoms with Crippen LogP contribution in [0.5, 0.6) is 0 Å². The molecule has 1 aliphatic heterocycles. The van der Waals surface area contributed by atoms with E-state index in [1.54, 1.807) is 6.07 Å². The third kappa shape index (κ3) is 2.83. The molecule has 0 aliphatic carbocycles. The molecule has 1 heterocycles. The highest BCUT2D eigenvalue weighted by molar-refractivity contribution is 7.91. The quantitative estimate of drug-likeness (QED) is 0.619. The van der Waals surface area contributed by atoms with Gasteiger partial charge in [0, 0.05) is 5.92 Å². The van der Waals surface area contributed by atoms with Crippen LogP contribution in [0.2, 0.25) is 0 Å². The molecule has 1 saturated heterocycles. The summed E-state index contributed by atoms with van der Waals surface area (Å²) >= 11 is 0. The number of rotatable bonds is 3. The van der Waals surface area contributed by atoms with E-state index in [2.05, 4.69) is 4.99 Å². The van der Waals surface area contributed by atoms with Gasteiger partial charge in [0.05, 0.1) is 17.5 Å². The van der Waals surface area contributed by atoms with Crippen molar-refractivity contribution in [3.8, 4) is 0 Å². The Bertz CT molecular complexity index is 593. The van der Waals surface area contributed by atoms with Crippen molar-refractivity contribution < 1.29 is 17.6 Å². The van der Waals surface area contributed by atoms with E-state index in [9.17, 15) is 17.6 Å². The van der Waals surface area contributed by atoms with Crippen molar-refractivity contribution in [1.82, 2.24) is 0 Å². The first kappa shape index (κ1) is 12.9. The van der Waals surface area contributed by atoms with Gasteiger partial charge < -0.3 is 0 Å². The number of nitrogens with zero attached hydrogens (tertiary/aromatic N) is 1. The molecule has 0 bridgehead atoms. The van der Waals surface area contributed by atoms with Crippen LogP contribution in [0, 0.1) is 11.7 Å². The van der Waals surface area contributed by atoms with Crippen LogP contribution < -0.4 is 0 Å². The van der Waals surface area contributed by atoms with Crippen molar-refractivity contribution in [3.63, 3.8) is 0 Å². The fraction of sp³-hybridized carbons (Fsp3) is 0.417. The van der Waals surface area contributed by atoms with E-state index in [1.807, 2.05) is 0 Å². The number of benzene rings is 1. The number of hydrogen-bond acceptors (Lipinski definition) is 4. The van der Waals surface area contributed by atoms with Crippen LogP contribution in [0.1, 0.15) is 18.0 Å². The molecule has 18 heavy (non-hydrogen) atoms. The average molecular weight is 269 g/mol. The molecule has 4 nitrogen and oxygen atoms in total. The van der Waals surface area contributed by atoms with Gasteiger partial charge in [-0.3, -0.25) is 0 Å². The Morgan fingerprint density at radius 3 is 2.78 bits per heavy atom. The van der Waals surface area contributed by atoms with E-state index >= 15 is 0 Å². The average Bonchev–Trinajstić information content (AvgIpc) is 2.66. The summed E-state index contributed by atoms with van der Waals surface area (Å²) in [5.74, 6) is -0.630. The highest BCUT2D eigenvalue weighted by atomic mass is 32.2. The minimum absolute atomic E-state index is 0.0145. The molecular formula is C12H12FNO3S. The normalized spacial score (nSPS) is 23.3. The van der Waals surface area contributed by atoms with E-state index in [4.69, 9.17) is 0 Å². The number of isocyanates is 1. The monoisotopic (exact) mass is 269 g/mol. The van der Waals surface area contributed by atoms with Gasteiger partial charge in [0.1, 0.15) is 5.82 Å². The molecule has 2 unspecified atom stereocenters. The highest BCUT2D eigenvalue weighted by Gasteiger charge is 2.34. The van der Waals surface area contributed by atoms with E-state index in [1.165, 1.54) is 24.3 Å². The number of halogens is 1. The van der Waals surface area contributed by atoms with Crippen LogP contribution in [0.3, 0.4) is 0 Å². The molecule has 0 N–H and O–H groups in total. The molecule has 0 amide bonds. The van der Waals surface area contributed by atoms with Crippen molar-refractivity contribution in [2.24, 2.45) is 10.9 Å². The fourth-order valence-corrected chi connectivity index (χ4v) is 4.10. The summed E-state index contributed by atoms with van der Waals surface area (Å²) in [6.45, 7) is 0. The standard InChI is InChI=1S/C12H12FNO3S/c13-11-3-1-2-9(6-11)12(14-8-15)10-4-5-18(16,17)7-10/h1-3,6,10,12H,4-5,7H2. The van der Waals surface area contributed by atoms with Crippen LogP contribution in [0.15, 0.2) is 29.3 Å². The zero-order valence-electron chi connectivity index (χ0n) is 9.54. The summed E-state index contributed by atoms with van der Waals surface area (Å²) in [5.41, 5.74) is 0.514. The first-order valence-corrected chi connectivity index (χ1v) is 7.37. The first-order chi connectivity index (χ1) is 8.52. The lowest BCUT2D eigenvalue weighted by molar-refractivity contribution is 0.472. The summed E-state index contributed by atoms with van der Waals surface area (Å²) in [5, 5.41) is 0. The molecular weight excluding hydrogens is 257 g/mol. The number of sulfone groups is 1. The van der Waals surface area contributed by atoms with Crippen LogP contribution >= 0.6 is 0 Å². The van der Waals surface area contributed by atoms with E-state index in [-0.39, 0.29) is 17.4 Å². The molecule has 0 saturated carbocycles. The molecule has 6 heteroatoms. The van der Waals surface area contributed by atoms with Gasteiger partial charge >= 0.3 is 0 Å². The van der Waals surface area contributed by atoms with Crippen LogP contribution in [-0.4, -0.2) is 26.0 Å². The Balaban J connectivity index is 2.32. The summed E-state index contributed by atoms with van der Waals surface area (Å²) in [7, 11) is -3.06. The van der Waals surface area contributed by atoms with Gasteiger partial charge in [0.2, 0.25) is 6.08 Å². The van der Waals surface area contributed by atoms with Gasteiger partial charge in [-0.15, -0.1) is 0 Å². The van der Waals surface area contributed by atoms with Crippen LogP contribution in [-0.2, 0) is 14.6 Å². The maximum absolute atomic E-state index is 13.1. The second-order valence-corrected chi connectivity index (χ2v) is 6.61.